The summed E-state index contributed by atoms with van der Waals surface area (Å²) in [5.41, 5.74) is 0.0438. The zero-order chi connectivity index (χ0) is 33.7. The predicted octanol–water partition coefficient (Wildman–Crippen LogP) is 8.56. The molecule has 264 valence electrons. The number of imide groups is 1. The Balaban J connectivity index is 1.55. The van der Waals surface area contributed by atoms with Gasteiger partial charge in [0.05, 0.1) is 0 Å². The molecule has 0 spiro atoms. The fourth-order valence-corrected chi connectivity index (χ4v) is 6.96. The van der Waals surface area contributed by atoms with Crippen molar-refractivity contribution >= 4 is 23.5 Å². The van der Waals surface area contributed by atoms with Crippen LogP contribution in [0.3, 0.4) is 0 Å². The average molecular weight is 656 g/mol. The molecule has 0 atom stereocenters. The van der Waals surface area contributed by atoms with Gasteiger partial charge in [0.2, 0.25) is 11.8 Å². The van der Waals surface area contributed by atoms with Crippen LogP contribution in [0.15, 0.2) is 30.3 Å². The summed E-state index contributed by atoms with van der Waals surface area (Å²) in [6.45, 7) is 8.45. The highest BCUT2D eigenvalue weighted by Crippen LogP contribution is 2.32. The number of carbonyl (C=O) groups excluding carboxylic acids is 3. The fraction of sp³-hybridized carbons (Fsp3) is 0.718. The van der Waals surface area contributed by atoms with E-state index in [0.717, 1.165) is 84.1 Å². The van der Waals surface area contributed by atoms with E-state index in [2.05, 4.69) is 29.0 Å². The average Bonchev–Trinajstić information content (AvgIpc) is 3.08. The Labute approximate surface area is 284 Å². The van der Waals surface area contributed by atoms with Gasteiger partial charge in [0.15, 0.2) is 0 Å². The number of nitrogens with one attached hydrogen (secondary N) is 1. The fourth-order valence-electron chi connectivity index (χ4n) is 6.96. The van der Waals surface area contributed by atoms with Crippen molar-refractivity contribution in [3.8, 4) is 0 Å². The minimum absolute atomic E-state index is 0.120. The Morgan fingerprint density at radius 2 is 1.36 bits per heavy atom. The van der Waals surface area contributed by atoms with Crippen molar-refractivity contribution in [3.63, 3.8) is 0 Å². The van der Waals surface area contributed by atoms with Gasteiger partial charge in [-0.15, -0.1) is 0 Å². The number of unbranched alkanes of at least 4 members (excludes halogenated alkanes) is 10. The van der Waals surface area contributed by atoms with E-state index in [0.29, 0.717) is 43.4 Å². The standard InChI is InChI=1S/C39H62FN3O4/c1-3-5-7-9-11-14-20-36(44)41-38(46)39(43-29-16-13-17-30-43)26-31-42(32-27-39)28-18-19-35(33-22-24-34(40)25-23-33)47-37(45)21-15-12-10-8-6-4-2/h19,22-25H,3-18,20-21,26-32H2,1-2H3,(H,41,44,46)/b35-19-. The smallest absolute Gasteiger partial charge is 0.311 e. The van der Waals surface area contributed by atoms with Gasteiger partial charge in [-0.3, -0.25) is 24.6 Å². The van der Waals surface area contributed by atoms with Gasteiger partial charge in [-0.05, 0) is 88.4 Å². The molecule has 1 N–H and O–H groups in total. The molecule has 47 heavy (non-hydrogen) atoms. The number of amides is 2. The molecule has 7 nitrogen and oxygen atoms in total. The van der Waals surface area contributed by atoms with Gasteiger partial charge < -0.3 is 9.64 Å². The molecule has 0 saturated carbocycles. The molecule has 2 saturated heterocycles. The first kappa shape index (κ1) is 38.9. The van der Waals surface area contributed by atoms with Crippen molar-refractivity contribution in [1.82, 2.24) is 15.1 Å². The van der Waals surface area contributed by atoms with Gasteiger partial charge in [0, 0.05) is 38.0 Å². The first-order valence-electron chi connectivity index (χ1n) is 18.9. The van der Waals surface area contributed by atoms with Crippen LogP contribution in [-0.4, -0.2) is 65.8 Å². The number of hydrogen-bond donors (Lipinski definition) is 1. The summed E-state index contributed by atoms with van der Waals surface area (Å²) in [4.78, 5) is 43.9. The van der Waals surface area contributed by atoms with E-state index >= 15 is 0 Å². The van der Waals surface area contributed by atoms with E-state index in [1.54, 1.807) is 12.1 Å². The Kier molecular flexibility index (Phi) is 18.3. The number of likely N-dealkylation sites (tertiary alicyclic amines) is 2. The van der Waals surface area contributed by atoms with Crippen molar-refractivity contribution in [2.75, 3.05) is 32.7 Å². The lowest BCUT2D eigenvalue weighted by Gasteiger charge is -2.48. The van der Waals surface area contributed by atoms with Crippen LogP contribution in [0, 0.1) is 5.82 Å². The van der Waals surface area contributed by atoms with Crippen molar-refractivity contribution in [2.45, 2.75) is 148 Å². The summed E-state index contributed by atoms with van der Waals surface area (Å²) in [6, 6.07) is 6.08. The molecule has 0 bridgehead atoms. The predicted molar refractivity (Wildman–Crippen MR) is 188 cm³/mol. The summed E-state index contributed by atoms with van der Waals surface area (Å²) in [5, 5.41) is 2.81. The largest absolute Gasteiger partial charge is 0.426 e. The molecule has 0 aromatic heterocycles. The molecule has 2 amide bonds. The zero-order valence-electron chi connectivity index (χ0n) is 29.5. The van der Waals surface area contributed by atoms with Crippen LogP contribution in [-0.2, 0) is 19.1 Å². The Morgan fingerprint density at radius 3 is 1.98 bits per heavy atom. The minimum Gasteiger partial charge on any atom is -0.426 e. The highest BCUT2D eigenvalue weighted by atomic mass is 19.1. The van der Waals surface area contributed by atoms with Gasteiger partial charge in [-0.2, -0.15) is 0 Å². The van der Waals surface area contributed by atoms with Crippen LogP contribution in [0.2, 0.25) is 0 Å². The van der Waals surface area contributed by atoms with Crippen molar-refractivity contribution in [3.05, 3.63) is 41.7 Å². The highest BCUT2D eigenvalue weighted by molar-refractivity contribution is 6.00. The third kappa shape index (κ3) is 13.8. The first-order valence-corrected chi connectivity index (χ1v) is 18.9. The summed E-state index contributed by atoms with van der Waals surface area (Å²) in [5.74, 6) is -0.369. The molecule has 2 heterocycles. The van der Waals surface area contributed by atoms with E-state index in [1.807, 2.05) is 6.08 Å². The van der Waals surface area contributed by atoms with E-state index in [9.17, 15) is 18.8 Å². The zero-order valence-corrected chi connectivity index (χ0v) is 29.5. The first-order chi connectivity index (χ1) is 22.9. The third-order valence-corrected chi connectivity index (χ3v) is 9.94. The topological polar surface area (TPSA) is 79.0 Å². The third-order valence-electron chi connectivity index (χ3n) is 9.94. The number of piperidine rings is 2. The second kappa shape index (κ2) is 22.1. The number of esters is 1. The number of hydrogen-bond acceptors (Lipinski definition) is 6. The number of rotatable bonds is 21. The van der Waals surface area contributed by atoms with Crippen LogP contribution in [0.1, 0.15) is 148 Å². The van der Waals surface area contributed by atoms with Crippen LogP contribution in [0.25, 0.3) is 5.76 Å². The molecule has 1 aromatic rings. The van der Waals surface area contributed by atoms with Gasteiger partial charge in [0.25, 0.3) is 0 Å². The molecule has 2 aliphatic rings. The summed E-state index contributed by atoms with van der Waals surface area (Å²) >= 11 is 0. The van der Waals surface area contributed by atoms with Crippen LogP contribution in [0.5, 0.6) is 0 Å². The van der Waals surface area contributed by atoms with E-state index in [4.69, 9.17) is 4.74 Å². The van der Waals surface area contributed by atoms with Crippen LogP contribution in [0.4, 0.5) is 4.39 Å². The SMILES string of the molecule is CCCCCCCCC(=O)NC(=O)C1(N2CCCCC2)CCN(CC/C=C(\OC(=O)CCCCCCCC)c2ccc(F)cc2)CC1. The van der Waals surface area contributed by atoms with Crippen LogP contribution < -0.4 is 5.32 Å². The lowest BCUT2D eigenvalue weighted by Crippen LogP contribution is -2.64. The number of ether oxygens (including phenoxy) is 1. The monoisotopic (exact) mass is 655 g/mol. The number of halogens is 1. The van der Waals surface area contributed by atoms with Crippen LogP contribution >= 0.6 is 0 Å². The van der Waals surface area contributed by atoms with Crippen molar-refractivity contribution < 1.29 is 23.5 Å². The molecule has 0 radical (unpaired) electrons. The Bertz CT molecular complexity index is 1090. The maximum Gasteiger partial charge on any atom is 0.311 e. The molecular formula is C39H62FN3O4. The molecule has 3 rings (SSSR count). The molecule has 1 aromatic carbocycles. The van der Waals surface area contributed by atoms with Gasteiger partial charge in [-0.1, -0.05) is 84.5 Å². The number of nitrogens with zero attached hydrogens (tertiary/aromatic N) is 2. The second-order valence-corrected chi connectivity index (χ2v) is 13.7. The van der Waals surface area contributed by atoms with Crippen molar-refractivity contribution in [1.29, 1.82) is 0 Å². The van der Waals surface area contributed by atoms with E-state index in [-0.39, 0.29) is 23.6 Å². The summed E-state index contributed by atoms with van der Waals surface area (Å²) < 4.78 is 19.5. The van der Waals surface area contributed by atoms with Gasteiger partial charge in [-0.25, -0.2) is 4.39 Å². The number of carbonyl (C=O) groups is 3. The maximum atomic E-state index is 13.8. The minimum atomic E-state index is -0.644. The Morgan fingerprint density at radius 1 is 0.787 bits per heavy atom. The maximum absolute atomic E-state index is 13.8. The Hall–Kier alpha value is -2.58. The quantitative estimate of drug-likeness (QED) is 0.0812. The number of benzene rings is 1. The molecule has 2 fully saturated rings. The molecule has 0 unspecified atom stereocenters. The summed E-state index contributed by atoms with van der Waals surface area (Å²) in [6.07, 6.45) is 21.3. The second-order valence-electron chi connectivity index (χ2n) is 13.7. The normalized spacial score (nSPS) is 17.4. The van der Waals surface area contributed by atoms with E-state index < -0.39 is 5.54 Å². The summed E-state index contributed by atoms with van der Waals surface area (Å²) in [7, 11) is 0. The highest BCUT2D eigenvalue weighted by Gasteiger charge is 2.46. The molecule has 0 aliphatic carbocycles. The van der Waals surface area contributed by atoms with Gasteiger partial charge >= 0.3 is 5.97 Å². The lowest BCUT2D eigenvalue weighted by molar-refractivity contribution is -0.143. The molecule has 8 heteroatoms. The van der Waals surface area contributed by atoms with Crippen molar-refractivity contribution in [2.24, 2.45) is 0 Å². The van der Waals surface area contributed by atoms with Gasteiger partial charge in [0.1, 0.15) is 17.1 Å². The van der Waals surface area contributed by atoms with E-state index in [1.165, 1.54) is 57.1 Å². The molecular weight excluding hydrogens is 593 g/mol. The lowest BCUT2D eigenvalue weighted by atomic mass is 9.83. The molecule has 2 aliphatic heterocycles.